The van der Waals surface area contributed by atoms with Crippen molar-refractivity contribution in [2.75, 3.05) is 58.9 Å². The molecule has 0 saturated carbocycles. The van der Waals surface area contributed by atoms with E-state index in [4.69, 9.17) is 10.2 Å². The van der Waals surface area contributed by atoms with Crippen molar-refractivity contribution in [3.63, 3.8) is 0 Å². The highest BCUT2D eigenvalue weighted by molar-refractivity contribution is 5.79. The molecule has 0 spiro atoms. The van der Waals surface area contributed by atoms with Gasteiger partial charge in [0, 0.05) is 36.5 Å². The summed E-state index contributed by atoms with van der Waals surface area (Å²) in [6.45, 7) is -2.03. The first-order valence-electron chi connectivity index (χ1n) is 7.98. The molecule has 0 fully saturated rings. The molecule has 0 aromatic carbocycles. The van der Waals surface area contributed by atoms with Gasteiger partial charge in [-0.3, -0.25) is 33.9 Å². The van der Waals surface area contributed by atoms with Crippen molar-refractivity contribution in [2.45, 2.75) is 0 Å². The molecule has 0 aliphatic rings. The molecule has 0 bridgehead atoms. The number of carbonyl (C=O) groups excluding carboxylic acids is 3. The van der Waals surface area contributed by atoms with Gasteiger partial charge in [-0.2, -0.15) is 0 Å². The zero-order chi connectivity index (χ0) is 21.5. The summed E-state index contributed by atoms with van der Waals surface area (Å²) < 4.78 is 0. The smallest absolute Gasteiger partial charge is 0.317 e. The number of nitroso groups, excluding NO2 is 2. The summed E-state index contributed by atoms with van der Waals surface area (Å²) in [6.07, 6.45) is 0.506. The average molecular weight is 403 g/mol. The third-order valence-electron chi connectivity index (χ3n) is 3.44. The van der Waals surface area contributed by atoms with Crippen LogP contribution in [0.4, 0.5) is 0 Å². The van der Waals surface area contributed by atoms with E-state index in [9.17, 15) is 33.8 Å². The second kappa shape index (κ2) is 14.1. The molecular weight excluding hydrogens is 382 g/mol. The molecule has 0 radical (unpaired) electrons. The molecule has 0 unspecified atom stereocenters. The van der Waals surface area contributed by atoms with Crippen LogP contribution in [0, 0.1) is 9.81 Å². The lowest BCUT2D eigenvalue weighted by atomic mass is 10.3. The Morgan fingerprint density at radius 3 is 1.50 bits per heavy atom. The molecule has 0 aliphatic carbocycles. The minimum Gasteiger partial charge on any atom is -0.480 e. The number of nitrogens with zero attached hydrogens (tertiary/aromatic N) is 5. The summed E-state index contributed by atoms with van der Waals surface area (Å²) in [4.78, 5) is 78.9. The summed E-state index contributed by atoms with van der Waals surface area (Å²) in [5.74, 6) is -4.48. The summed E-state index contributed by atoms with van der Waals surface area (Å²) in [5.41, 5.74) is 0. The van der Waals surface area contributed by atoms with E-state index in [1.165, 1.54) is 9.80 Å². The third-order valence-corrected chi connectivity index (χ3v) is 3.44. The number of aldehydes is 1. The highest BCUT2D eigenvalue weighted by Crippen LogP contribution is 1.97. The van der Waals surface area contributed by atoms with Crippen LogP contribution in [0.3, 0.4) is 0 Å². The van der Waals surface area contributed by atoms with Crippen molar-refractivity contribution in [1.29, 1.82) is 0 Å². The Morgan fingerprint density at radius 2 is 1.07 bits per heavy atom. The molecule has 0 saturated heterocycles. The van der Waals surface area contributed by atoms with Crippen molar-refractivity contribution in [3.05, 3.63) is 9.81 Å². The number of rotatable bonds is 16. The first kappa shape index (κ1) is 25.0. The predicted molar refractivity (Wildman–Crippen MR) is 92.3 cm³/mol. The van der Waals surface area contributed by atoms with E-state index in [1.807, 2.05) is 0 Å². The Hall–Kier alpha value is -2.97. The minimum atomic E-state index is -1.25. The second-order valence-corrected chi connectivity index (χ2v) is 5.65. The molecular formula is C14H21N5O9. The molecule has 28 heavy (non-hydrogen) atoms. The maximum Gasteiger partial charge on any atom is 0.317 e. The van der Waals surface area contributed by atoms with Crippen molar-refractivity contribution >= 4 is 30.0 Å². The molecule has 2 N–H and O–H groups in total. The van der Waals surface area contributed by atoms with Gasteiger partial charge in [0.2, 0.25) is 0 Å². The largest absolute Gasteiger partial charge is 0.480 e. The quantitative estimate of drug-likeness (QED) is 0.210. The van der Waals surface area contributed by atoms with E-state index in [2.05, 4.69) is 10.4 Å². The summed E-state index contributed by atoms with van der Waals surface area (Å²) >= 11 is 0. The summed E-state index contributed by atoms with van der Waals surface area (Å²) in [7, 11) is 0. The normalized spacial score (nSPS) is 10.8. The van der Waals surface area contributed by atoms with E-state index in [0.29, 0.717) is 6.29 Å². The maximum absolute atomic E-state index is 11.1. The van der Waals surface area contributed by atoms with E-state index >= 15 is 0 Å². The fourth-order valence-electron chi connectivity index (χ4n) is 2.21. The molecule has 0 rings (SSSR count). The van der Waals surface area contributed by atoms with E-state index < -0.39 is 49.9 Å². The molecule has 156 valence electrons. The minimum absolute atomic E-state index is 0.0144. The van der Waals surface area contributed by atoms with Gasteiger partial charge >= 0.3 is 11.9 Å². The van der Waals surface area contributed by atoms with Gasteiger partial charge in [0.1, 0.15) is 6.29 Å². The molecule has 0 aromatic rings. The lowest BCUT2D eigenvalue weighted by molar-refractivity contribution is -0.140. The zero-order valence-corrected chi connectivity index (χ0v) is 14.9. The van der Waals surface area contributed by atoms with E-state index in [1.54, 1.807) is 0 Å². The van der Waals surface area contributed by atoms with Crippen LogP contribution < -0.4 is 0 Å². The Bertz CT molecular complexity index is 598. The zero-order valence-electron chi connectivity index (χ0n) is 14.9. The second-order valence-electron chi connectivity index (χ2n) is 5.65. The number of aliphatic carboxylic acids is 2. The van der Waals surface area contributed by atoms with Crippen molar-refractivity contribution in [2.24, 2.45) is 10.4 Å². The first-order chi connectivity index (χ1) is 13.2. The number of carbonyl (C=O) groups is 5. The highest BCUT2D eigenvalue weighted by atomic mass is 16.4. The number of amides is 2. The first-order valence-corrected chi connectivity index (χ1v) is 7.98. The topological polar surface area (TPSA) is 194 Å². The average Bonchev–Trinajstić information content (AvgIpc) is 2.62. The fourth-order valence-corrected chi connectivity index (χ4v) is 2.21. The Morgan fingerprint density at radius 1 is 0.679 bits per heavy atom. The van der Waals surface area contributed by atoms with Gasteiger partial charge in [-0.1, -0.05) is 0 Å². The summed E-state index contributed by atoms with van der Waals surface area (Å²) in [5, 5.41) is 22.3. The number of hydrogen-bond acceptors (Lipinski definition) is 10. The number of hydrogen-bond donors (Lipinski definition) is 2. The number of carboxylic acids is 2. The van der Waals surface area contributed by atoms with Crippen LogP contribution in [0.2, 0.25) is 0 Å². The van der Waals surface area contributed by atoms with Crippen LogP contribution in [0.5, 0.6) is 0 Å². The fraction of sp³-hybridized carbons (Fsp3) is 0.643. The SMILES string of the molecule is O=CCN(CCN(CCN(CC(=O)O)CC(=O)N=O)CC(=O)O)CC(=O)N=O. The molecule has 14 nitrogen and oxygen atoms in total. The van der Waals surface area contributed by atoms with Crippen LogP contribution in [0.1, 0.15) is 0 Å². The number of carboxylic acid groups (broad SMARTS) is 2. The monoisotopic (exact) mass is 403 g/mol. The van der Waals surface area contributed by atoms with E-state index in [0.717, 1.165) is 4.90 Å². The highest BCUT2D eigenvalue weighted by Gasteiger charge is 2.18. The molecule has 14 heteroatoms. The van der Waals surface area contributed by atoms with Crippen molar-refractivity contribution in [3.8, 4) is 0 Å². The van der Waals surface area contributed by atoms with Crippen LogP contribution in [0.25, 0.3) is 0 Å². The molecule has 0 aromatic heterocycles. The van der Waals surface area contributed by atoms with Crippen LogP contribution in [-0.4, -0.2) is 114 Å². The van der Waals surface area contributed by atoms with Gasteiger partial charge in [-0.05, 0) is 0 Å². The summed E-state index contributed by atoms with van der Waals surface area (Å²) in [6, 6.07) is 0. The molecule has 0 heterocycles. The predicted octanol–water partition coefficient (Wildman–Crippen LogP) is -2.15. The van der Waals surface area contributed by atoms with Gasteiger partial charge in [0.25, 0.3) is 11.8 Å². The van der Waals surface area contributed by atoms with Gasteiger partial charge in [-0.25, -0.2) is 0 Å². The lowest BCUT2D eigenvalue weighted by Gasteiger charge is -2.27. The lowest BCUT2D eigenvalue weighted by Crippen LogP contribution is -2.44. The Kier molecular flexibility index (Phi) is 12.6. The van der Waals surface area contributed by atoms with Crippen LogP contribution in [0.15, 0.2) is 10.4 Å². The molecule has 0 atom stereocenters. The molecule has 2 amide bonds. The molecule has 0 aliphatic heterocycles. The standard InChI is InChI=1S/C14H21N5O9/c20-6-5-18(7-11(21)15-27)2-1-17(9-13(23)24)3-4-19(10-14(25)26)8-12(22)16-28/h6H,1-5,7-10H2,(H,23,24)(H,25,26). The maximum atomic E-state index is 11.1. The van der Waals surface area contributed by atoms with Gasteiger partial charge in [0.05, 0.1) is 32.7 Å². The van der Waals surface area contributed by atoms with Gasteiger partial charge in [-0.15, -0.1) is 9.81 Å². The van der Waals surface area contributed by atoms with Crippen molar-refractivity contribution in [1.82, 2.24) is 14.7 Å². The van der Waals surface area contributed by atoms with Gasteiger partial charge in [0.15, 0.2) is 0 Å². The Balaban J connectivity index is 4.90. The van der Waals surface area contributed by atoms with Gasteiger partial charge < -0.3 is 15.0 Å². The van der Waals surface area contributed by atoms with Crippen LogP contribution >= 0.6 is 0 Å². The van der Waals surface area contributed by atoms with Crippen molar-refractivity contribution < 1.29 is 34.2 Å². The Labute approximate surface area is 159 Å². The van der Waals surface area contributed by atoms with Crippen LogP contribution in [-0.2, 0) is 24.0 Å². The van der Waals surface area contributed by atoms with E-state index in [-0.39, 0.29) is 32.7 Å². The third kappa shape index (κ3) is 12.4.